The highest BCUT2D eigenvalue weighted by Crippen LogP contribution is 2.34. The van der Waals surface area contributed by atoms with Crippen LogP contribution in [-0.2, 0) is 20.9 Å². The summed E-state index contributed by atoms with van der Waals surface area (Å²) < 4.78 is 5.46. The van der Waals surface area contributed by atoms with Gasteiger partial charge >= 0.3 is 5.97 Å². The molecule has 10 nitrogen and oxygen atoms in total. The molecule has 2 unspecified atom stereocenters. The molecule has 1 aliphatic rings. The van der Waals surface area contributed by atoms with E-state index in [0.717, 1.165) is 5.56 Å². The number of amides is 1. The zero-order chi connectivity index (χ0) is 21.7. The zero-order valence-corrected chi connectivity index (χ0v) is 16.0. The van der Waals surface area contributed by atoms with Crippen LogP contribution < -0.4 is 11.3 Å². The van der Waals surface area contributed by atoms with Crippen LogP contribution in [0.3, 0.4) is 0 Å². The summed E-state index contributed by atoms with van der Waals surface area (Å²) in [5.74, 6) is 1.93. The molecule has 10 heteroatoms. The summed E-state index contributed by atoms with van der Waals surface area (Å²) in [7, 11) is 0. The van der Waals surface area contributed by atoms with Gasteiger partial charge in [0.05, 0.1) is 16.6 Å². The molecule has 1 heterocycles. The number of nitro groups is 1. The van der Waals surface area contributed by atoms with Crippen LogP contribution in [0.25, 0.3) is 0 Å². The highest BCUT2D eigenvalue weighted by molar-refractivity contribution is 6.42. The van der Waals surface area contributed by atoms with Crippen molar-refractivity contribution in [2.75, 3.05) is 0 Å². The maximum Gasteiger partial charge on any atom is 0.316 e. The lowest BCUT2D eigenvalue weighted by molar-refractivity contribution is -0.384. The fourth-order valence-corrected chi connectivity index (χ4v) is 3.22. The standard InChI is InChI=1S/C20H19N5O5/c1-12-16(20(27)30-11-13-6-3-2-4-7-13)17(18(24-23-12)19(26)22-21)14-8-5-9-15(10-14)25(28)29/h2-10,16-17H,11,21H2,1H3,(H,22,26). The number of nitrogens with two attached hydrogens (primary N) is 1. The molecule has 2 atom stereocenters. The van der Waals surface area contributed by atoms with E-state index in [2.05, 4.69) is 10.2 Å². The molecule has 2 aromatic carbocycles. The van der Waals surface area contributed by atoms with Crippen molar-refractivity contribution in [1.29, 1.82) is 0 Å². The predicted molar refractivity (Wildman–Crippen MR) is 108 cm³/mol. The lowest BCUT2D eigenvalue weighted by Crippen LogP contribution is -2.45. The number of ether oxygens (including phenoxy) is 1. The molecule has 0 radical (unpaired) electrons. The van der Waals surface area contributed by atoms with E-state index in [-0.39, 0.29) is 18.0 Å². The van der Waals surface area contributed by atoms with E-state index in [9.17, 15) is 19.7 Å². The molecule has 3 rings (SSSR count). The molecule has 0 saturated heterocycles. The number of carbonyl (C=O) groups is 2. The molecule has 30 heavy (non-hydrogen) atoms. The first-order chi connectivity index (χ1) is 14.4. The SMILES string of the molecule is CC1=NN=C(C(=O)NN)C(c2cccc([N+](=O)[O-])c2)C1C(=O)OCc1ccccc1. The Balaban J connectivity index is 1.98. The lowest BCUT2D eigenvalue weighted by Gasteiger charge is -2.28. The molecule has 0 aliphatic carbocycles. The molecule has 2 aromatic rings. The third kappa shape index (κ3) is 4.39. The number of rotatable bonds is 6. The molecular formula is C20H19N5O5. The Morgan fingerprint density at radius 1 is 1.17 bits per heavy atom. The van der Waals surface area contributed by atoms with Crippen LogP contribution in [-0.4, -0.2) is 28.2 Å². The third-order valence-electron chi connectivity index (χ3n) is 4.68. The van der Waals surface area contributed by atoms with Crippen molar-refractivity contribution < 1.29 is 19.2 Å². The number of hydrogen-bond acceptors (Lipinski definition) is 8. The predicted octanol–water partition coefficient (Wildman–Crippen LogP) is 1.86. The van der Waals surface area contributed by atoms with Gasteiger partial charge in [-0.25, -0.2) is 5.84 Å². The van der Waals surface area contributed by atoms with Gasteiger partial charge in [-0.1, -0.05) is 42.5 Å². The molecule has 0 saturated carbocycles. The van der Waals surface area contributed by atoms with Gasteiger partial charge in [-0.2, -0.15) is 5.10 Å². The number of non-ortho nitro benzene ring substituents is 1. The number of benzene rings is 2. The van der Waals surface area contributed by atoms with Crippen LogP contribution >= 0.6 is 0 Å². The molecule has 154 valence electrons. The Kier molecular flexibility index (Phi) is 6.28. The average molecular weight is 409 g/mol. The van der Waals surface area contributed by atoms with Gasteiger partial charge in [0.25, 0.3) is 11.6 Å². The lowest BCUT2D eigenvalue weighted by atomic mass is 9.78. The zero-order valence-electron chi connectivity index (χ0n) is 16.0. The van der Waals surface area contributed by atoms with Crippen LogP contribution in [0.15, 0.2) is 64.8 Å². The van der Waals surface area contributed by atoms with E-state index in [1.807, 2.05) is 35.8 Å². The Hall–Kier alpha value is -3.92. The highest BCUT2D eigenvalue weighted by atomic mass is 16.6. The minimum absolute atomic E-state index is 0.0284. The van der Waals surface area contributed by atoms with E-state index in [1.54, 1.807) is 13.0 Å². The topological polar surface area (TPSA) is 149 Å². The van der Waals surface area contributed by atoms with Crippen LogP contribution in [0.5, 0.6) is 0 Å². The summed E-state index contributed by atoms with van der Waals surface area (Å²) in [6, 6.07) is 14.7. The van der Waals surface area contributed by atoms with E-state index < -0.39 is 28.6 Å². The fraction of sp³-hybridized carbons (Fsp3) is 0.200. The summed E-state index contributed by atoms with van der Waals surface area (Å²) in [6.07, 6.45) is 0. The minimum Gasteiger partial charge on any atom is -0.460 e. The van der Waals surface area contributed by atoms with E-state index >= 15 is 0 Å². The molecule has 0 fully saturated rings. The molecule has 0 bridgehead atoms. The normalized spacial score (nSPS) is 18.1. The van der Waals surface area contributed by atoms with Gasteiger partial charge in [0, 0.05) is 12.1 Å². The van der Waals surface area contributed by atoms with Crippen molar-refractivity contribution >= 4 is 29.0 Å². The minimum atomic E-state index is -1.000. The first kappa shape index (κ1) is 20.8. The van der Waals surface area contributed by atoms with Crippen molar-refractivity contribution in [2.24, 2.45) is 22.0 Å². The fourth-order valence-electron chi connectivity index (χ4n) is 3.22. The Morgan fingerprint density at radius 2 is 1.90 bits per heavy atom. The Labute approximate surface area is 171 Å². The highest BCUT2D eigenvalue weighted by Gasteiger charge is 2.42. The van der Waals surface area contributed by atoms with Gasteiger partial charge in [-0.3, -0.25) is 25.1 Å². The molecule has 1 aliphatic heterocycles. The summed E-state index contributed by atoms with van der Waals surface area (Å²) >= 11 is 0. The van der Waals surface area contributed by atoms with E-state index in [1.165, 1.54) is 18.2 Å². The van der Waals surface area contributed by atoms with Gasteiger partial charge in [-0.05, 0) is 18.1 Å². The Bertz CT molecular complexity index is 1030. The monoisotopic (exact) mass is 409 g/mol. The second-order valence-corrected chi connectivity index (χ2v) is 6.60. The third-order valence-corrected chi connectivity index (χ3v) is 4.68. The van der Waals surface area contributed by atoms with Gasteiger partial charge in [-0.15, -0.1) is 5.10 Å². The smallest absolute Gasteiger partial charge is 0.316 e. The number of hydrogen-bond donors (Lipinski definition) is 2. The van der Waals surface area contributed by atoms with Gasteiger partial charge in [0.1, 0.15) is 18.2 Å². The summed E-state index contributed by atoms with van der Waals surface area (Å²) in [4.78, 5) is 35.9. The van der Waals surface area contributed by atoms with Crippen molar-refractivity contribution in [3.63, 3.8) is 0 Å². The van der Waals surface area contributed by atoms with Crippen LogP contribution in [0.1, 0.15) is 24.0 Å². The largest absolute Gasteiger partial charge is 0.460 e. The molecule has 0 spiro atoms. The second-order valence-electron chi connectivity index (χ2n) is 6.60. The summed E-state index contributed by atoms with van der Waals surface area (Å²) in [6.45, 7) is 1.61. The molecular weight excluding hydrogens is 390 g/mol. The maximum absolute atomic E-state index is 13.0. The summed E-state index contributed by atoms with van der Waals surface area (Å²) in [5.41, 5.74) is 3.12. The number of carbonyl (C=O) groups excluding carboxylic acids is 2. The van der Waals surface area contributed by atoms with Crippen molar-refractivity contribution in [2.45, 2.75) is 19.4 Å². The van der Waals surface area contributed by atoms with Crippen LogP contribution in [0.4, 0.5) is 5.69 Å². The van der Waals surface area contributed by atoms with Crippen molar-refractivity contribution in [1.82, 2.24) is 5.43 Å². The number of nitro benzene ring substituents is 1. The van der Waals surface area contributed by atoms with Crippen molar-refractivity contribution in [3.05, 3.63) is 75.8 Å². The van der Waals surface area contributed by atoms with Gasteiger partial charge in [0.2, 0.25) is 0 Å². The second kappa shape index (κ2) is 9.05. The molecule has 1 amide bonds. The Morgan fingerprint density at radius 3 is 2.57 bits per heavy atom. The molecule has 3 N–H and O–H groups in total. The number of nitrogens with one attached hydrogen (secondary N) is 1. The molecule has 0 aromatic heterocycles. The van der Waals surface area contributed by atoms with Gasteiger partial charge in [0.15, 0.2) is 0 Å². The average Bonchev–Trinajstić information content (AvgIpc) is 2.77. The number of hydrazine groups is 1. The van der Waals surface area contributed by atoms with E-state index in [0.29, 0.717) is 11.3 Å². The van der Waals surface area contributed by atoms with E-state index in [4.69, 9.17) is 10.6 Å². The first-order valence-electron chi connectivity index (χ1n) is 9.00. The maximum atomic E-state index is 13.0. The quantitative estimate of drug-likeness (QED) is 0.244. The summed E-state index contributed by atoms with van der Waals surface area (Å²) in [5, 5.41) is 19.0. The van der Waals surface area contributed by atoms with Crippen LogP contribution in [0, 0.1) is 16.0 Å². The first-order valence-corrected chi connectivity index (χ1v) is 9.00. The number of esters is 1. The van der Waals surface area contributed by atoms with Crippen molar-refractivity contribution in [3.8, 4) is 0 Å². The van der Waals surface area contributed by atoms with Gasteiger partial charge < -0.3 is 4.74 Å². The van der Waals surface area contributed by atoms with Crippen LogP contribution in [0.2, 0.25) is 0 Å². The number of nitrogens with zero attached hydrogens (tertiary/aromatic N) is 3.